The molecule has 0 bridgehead atoms. The van der Waals surface area contributed by atoms with Gasteiger partial charge in [0.15, 0.2) is 5.65 Å². The van der Waals surface area contributed by atoms with Crippen LogP contribution >= 0.6 is 0 Å². The van der Waals surface area contributed by atoms with Crippen LogP contribution in [0.4, 0.5) is 19.0 Å². The van der Waals surface area contributed by atoms with E-state index in [1.54, 1.807) is 12.4 Å². The molecule has 0 aliphatic rings. The van der Waals surface area contributed by atoms with Gasteiger partial charge in [-0.05, 0) is 48.9 Å². The van der Waals surface area contributed by atoms with E-state index < -0.39 is 12.0 Å². The second-order valence-corrected chi connectivity index (χ2v) is 7.07. The highest BCUT2D eigenvalue weighted by Crippen LogP contribution is 2.28. The topological polar surface area (TPSA) is 72.9 Å². The molecule has 31 heavy (non-hydrogen) atoms. The summed E-state index contributed by atoms with van der Waals surface area (Å²) in [7, 11) is 0. The van der Waals surface area contributed by atoms with Gasteiger partial charge in [-0.2, -0.15) is 17.7 Å². The van der Waals surface area contributed by atoms with Crippen LogP contribution in [0.25, 0.3) is 22.4 Å². The van der Waals surface area contributed by atoms with Crippen molar-refractivity contribution >= 4 is 22.5 Å². The molecule has 0 spiro atoms. The number of hydrogen-bond donors (Lipinski definition) is 1. The van der Waals surface area contributed by atoms with E-state index in [1.165, 1.54) is 6.07 Å². The minimum atomic E-state index is -4.63. The van der Waals surface area contributed by atoms with Gasteiger partial charge in [-0.3, -0.25) is 4.57 Å². The number of hydrogen-bond acceptors (Lipinski definition) is 5. The number of benzene rings is 2. The van der Waals surface area contributed by atoms with Crippen molar-refractivity contribution in [3.05, 3.63) is 78.4 Å². The first-order valence-corrected chi connectivity index (χ1v) is 9.49. The molecule has 0 saturated carbocycles. The number of imidazole rings is 1. The van der Waals surface area contributed by atoms with E-state index >= 15 is 0 Å². The normalized spacial score (nSPS) is 13.0. The van der Waals surface area contributed by atoms with E-state index in [2.05, 4.69) is 25.6 Å². The number of nitrogens with zero attached hydrogens (tertiary/aromatic N) is 6. The molecule has 1 atom stereocenters. The van der Waals surface area contributed by atoms with Gasteiger partial charge in [-0.15, -0.1) is 15.3 Å². The Hall–Kier alpha value is -3.95. The lowest BCUT2D eigenvalue weighted by Crippen LogP contribution is -2.14. The highest BCUT2D eigenvalue weighted by Gasteiger charge is 2.37. The molecule has 10 heteroatoms. The molecular weight excluding hydrogens is 407 g/mol. The first-order chi connectivity index (χ1) is 14.9. The Labute approximate surface area is 174 Å². The lowest BCUT2D eigenvalue weighted by molar-refractivity contribution is -0.146. The van der Waals surface area contributed by atoms with Crippen LogP contribution in [0.15, 0.2) is 67.0 Å². The zero-order valence-electron chi connectivity index (χ0n) is 16.2. The largest absolute Gasteiger partial charge is 0.453 e. The minimum Gasteiger partial charge on any atom is -0.362 e. The molecule has 1 N–H and O–H groups in total. The molecule has 0 aliphatic carbocycles. The number of anilines is 1. The summed E-state index contributed by atoms with van der Waals surface area (Å²) in [5.41, 5.74) is 3.87. The van der Waals surface area contributed by atoms with E-state index in [-0.39, 0.29) is 17.5 Å². The molecule has 5 aromatic rings. The van der Waals surface area contributed by atoms with Crippen LogP contribution in [-0.4, -0.2) is 29.4 Å². The summed E-state index contributed by atoms with van der Waals surface area (Å²) in [5, 5.41) is 13.8. The number of alkyl halides is 3. The standard InChI is InChI=1S/C21H16F3N7/c1-13(26-18-10-11-19-27-28-20(21(22,23)24)31(19)29-18)14-6-8-15(9-7-14)30-12-25-16-4-2-3-5-17(16)30/h2-13H,1H3,(H,26,29). The van der Waals surface area contributed by atoms with Gasteiger partial charge in [-0.1, -0.05) is 24.3 Å². The average Bonchev–Trinajstić information content (AvgIpc) is 3.38. The van der Waals surface area contributed by atoms with E-state index in [4.69, 9.17) is 0 Å². The third-order valence-electron chi connectivity index (χ3n) is 5.01. The summed E-state index contributed by atoms with van der Waals surface area (Å²) in [6.45, 7) is 1.91. The van der Waals surface area contributed by atoms with Crippen molar-refractivity contribution < 1.29 is 13.2 Å². The number of rotatable bonds is 4. The molecule has 0 saturated heterocycles. The molecule has 1 unspecified atom stereocenters. The lowest BCUT2D eigenvalue weighted by Gasteiger charge is -2.16. The Balaban J connectivity index is 1.39. The maximum Gasteiger partial charge on any atom is 0.453 e. The summed E-state index contributed by atoms with van der Waals surface area (Å²) < 4.78 is 41.9. The Kier molecular flexibility index (Phi) is 4.35. The molecule has 2 aromatic carbocycles. The Morgan fingerprint density at radius 1 is 0.935 bits per heavy atom. The van der Waals surface area contributed by atoms with E-state index in [0.717, 1.165) is 22.3 Å². The summed E-state index contributed by atoms with van der Waals surface area (Å²) in [6, 6.07) is 18.6. The molecule has 0 fully saturated rings. The molecule has 3 heterocycles. The smallest absolute Gasteiger partial charge is 0.362 e. The monoisotopic (exact) mass is 423 g/mol. The number of halogens is 3. The predicted octanol–water partition coefficient (Wildman–Crippen LogP) is 4.66. The third-order valence-corrected chi connectivity index (χ3v) is 5.01. The molecular formula is C21H16F3N7. The van der Waals surface area contributed by atoms with Gasteiger partial charge in [0.2, 0.25) is 0 Å². The van der Waals surface area contributed by atoms with Crippen molar-refractivity contribution in [1.82, 2.24) is 29.4 Å². The summed E-state index contributed by atoms with van der Waals surface area (Å²) >= 11 is 0. The van der Waals surface area contributed by atoms with Crippen LogP contribution in [0, 0.1) is 0 Å². The molecule has 3 aromatic heterocycles. The van der Waals surface area contributed by atoms with E-state index in [1.807, 2.05) is 60.0 Å². The second-order valence-electron chi connectivity index (χ2n) is 7.07. The molecule has 5 rings (SSSR count). The van der Waals surface area contributed by atoms with Crippen LogP contribution in [0.5, 0.6) is 0 Å². The fourth-order valence-corrected chi connectivity index (χ4v) is 3.44. The first-order valence-electron chi connectivity index (χ1n) is 9.49. The van der Waals surface area contributed by atoms with Crippen molar-refractivity contribution in [2.75, 3.05) is 5.32 Å². The van der Waals surface area contributed by atoms with Gasteiger partial charge in [0.05, 0.1) is 11.0 Å². The van der Waals surface area contributed by atoms with Gasteiger partial charge in [0, 0.05) is 11.7 Å². The van der Waals surface area contributed by atoms with Crippen molar-refractivity contribution in [3.8, 4) is 5.69 Å². The minimum absolute atomic E-state index is 0.0300. The number of fused-ring (bicyclic) bond motifs is 2. The first kappa shape index (κ1) is 19.0. The third kappa shape index (κ3) is 3.45. The molecule has 0 aliphatic heterocycles. The summed E-state index contributed by atoms with van der Waals surface area (Å²) in [4.78, 5) is 4.40. The average molecular weight is 423 g/mol. The van der Waals surface area contributed by atoms with Gasteiger partial charge in [0.25, 0.3) is 5.82 Å². The van der Waals surface area contributed by atoms with Crippen molar-refractivity contribution in [3.63, 3.8) is 0 Å². The number of aromatic nitrogens is 6. The predicted molar refractivity (Wildman–Crippen MR) is 109 cm³/mol. The number of para-hydroxylation sites is 2. The quantitative estimate of drug-likeness (QED) is 0.455. The van der Waals surface area contributed by atoms with Gasteiger partial charge in [-0.25, -0.2) is 4.98 Å². The second kappa shape index (κ2) is 7.08. The highest BCUT2D eigenvalue weighted by atomic mass is 19.4. The maximum absolute atomic E-state index is 13.1. The fourth-order valence-electron chi connectivity index (χ4n) is 3.44. The maximum atomic E-state index is 13.1. The van der Waals surface area contributed by atoms with Gasteiger partial charge >= 0.3 is 6.18 Å². The molecule has 0 amide bonds. The molecule has 0 radical (unpaired) electrons. The lowest BCUT2D eigenvalue weighted by atomic mass is 10.1. The van der Waals surface area contributed by atoms with Gasteiger partial charge < -0.3 is 5.32 Å². The van der Waals surface area contributed by atoms with Crippen LogP contribution in [0.1, 0.15) is 24.4 Å². The Morgan fingerprint density at radius 2 is 1.71 bits per heavy atom. The Morgan fingerprint density at radius 3 is 2.48 bits per heavy atom. The summed E-state index contributed by atoms with van der Waals surface area (Å²) in [5.74, 6) is -0.870. The zero-order chi connectivity index (χ0) is 21.6. The van der Waals surface area contributed by atoms with Crippen LogP contribution in [-0.2, 0) is 6.18 Å². The SMILES string of the molecule is CC(Nc1ccc2nnc(C(F)(F)F)n2n1)c1ccc(-n2cnc3ccccc32)cc1. The highest BCUT2D eigenvalue weighted by molar-refractivity contribution is 5.77. The summed E-state index contributed by atoms with van der Waals surface area (Å²) in [6.07, 6.45) is -2.86. The van der Waals surface area contributed by atoms with E-state index in [0.29, 0.717) is 4.52 Å². The zero-order valence-corrected chi connectivity index (χ0v) is 16.2. The fraction of sp³-hybridized carbons (Fsp3) is 0.143. The van der Waals surface area contributed by atoms with Gasteiger partial charge in [0.1, 0.15) is 12.1 Å². The van der Waals surface area contributed by atoms with Crippen molar-refractivity contribution in [1.29, 1.82) is 0 Å². The van der Waals surface area contributed by atoms with Crippen molar-refractivity contribution in [2.45, 2.75) is 19.1 Å². The van der Waals surface area contributed by atoms with Crippen LogP contribution in [0.3, 0.4) is 0 Å². The van der Waals surface area contributed by atoms with E-state index in [9.17, 15) is 13.2 Å². The number of nitrogens with one attached hydrogen (secondary N) is 1. The molecule has 7 nitrogen and oxygen atoms in total. The Bertz CT molecular complexity index is 1370. The van der Waals surface area contributed by atoms with Crippen LogP contribution in [0.2, 0.25) is 0 Å². The van der Waals surface area contributed by atoms with Crippen LogP contribution < -0.4 is 5.32 Å². The molecule has 156 valence electrons. The van der Waals surface area contributed by atoms with Crippen molar-refractivity contribution in [2.24, 2.45) is 0 Å².